The molecule has 0 heterocycles. The fourth-order valence-electron chi connectivity index (χ4n) is 1.23. The highest BCUT2D eigenvalue weighted by Crippen LogP contribution is 2.01. The van der Waals surface area contributed by atoms with Crippen molar-refractivity contribution < 1.29 is 14.3 Å². The minimum absolute atomic E-state index is 0.189. The second kappa shape index (κ2) is 6.19. The summed E-state index contributed by atoms with van der Waals surface area (Å²) in [5.74, 6) is -0.272. The van der Waals surface area contributed by atoms with Crippen LogP contribution in [0.15, 0.2) is 30.3 Å². The third-order valence-corrected chi connectivity index (χ3v) is 1.83. The number of hydrogen-bond donors (Lipinski definition) is 0. The van der Waals surface area contributed by atoms with Gasteiger partial charge in [-0.25, -0.2) is 0 Å². The molecule has 1 rings (SSSR count). The predicted molar refractivity (Wildman–Crippen MR) is 57.3 cm³/mol. The van der Waals surface area contributed by atoms with Gasteiger partial charge < -0.3 is 9.47 Å². The minimum atomic E-state index is -0.272. The number of hydrogen-bond acceptors (Lipinski definition) is 3. The smallest absolute Gasteiger partial charge is 0.302 e. The summed E-state index contributed by atoms with van der Waals surface area (Å²) in [7, 11) is 0. The van der Waals surface area contributed by atoms with Crippen molar-refractivity contribution in [3.63, 3.8) is 0 Å². The van der Waals surface area contributed by atoms with E-state index < -0.39 is 0 Å². The summed E-state index contributed by atoms with van der Waals surface area (Å²) in [5, 5.41) is 0. The summed E-state index contributed by atoms with van der Waals surface area (Å²) in [6, 6.07) is 9.89. The van der Waals surface area contributed by atoms with Gasteiger partial charge in [0.25, 0.3) is 0 Å². The molecule has 1 aromatic carbocycles. The van der Waals surface area contributed by atoms with Gasteiger partial charge in [-0.2, -0.15) is 0 Å². The van der Waals surface area contributed by atoms with Gasteiger partial charge in [-0.1, -0.05) is 30.3 Å². The lowest BCUT2D eigenvalue weighted by atomic mass is 10.2. The molecule has 0 bridgehead atoms. The normalized spacial score (nSPS) is 12.1. The fraction of sp³-hybridized carbons (Fsp3) is 0.417. The zero-order chi connectivity index (χ0) is 11.1. The van der Waals surface area contributed by atoms with Gasteiger partial charge in [0.05, 0.1) is 13.2 Å². The second-order valence-corrected chi connectivity index (χ2v) is 3.42. The summed E-state index contributed by atoms with van der Waals surface area (Å²) in [5.41, 5.74) is 1.12. The average molecular weight is 208 g/mol. The van der Waals surface area contributed by atoms with Gasteiger partial charge in [0.1, 0.15) is 6.10 Å². The number of carbonyl (C=O) groups excluding carboxylic acids is 1. The zero-order valence-electron chi connectivity index (χ0n) is 9.10. The van der Waals surface area contributed by atoms with E-state index in [4.69, 9.17) is 9.47 Å². The first-order valence-electron chi connectivity index (χ1n) is 4.97. The van der Waals surface area contributed by atoms with E-state index in [0.717, 1.165) is 5.56 Å². The van der Waals surface area contributed by atoms with Crippen LogP contribution in [0.5, 0.6) is 0 Å². The Morgan fingerprint density at radius 3 is 2.60 bits per heavy atom. The van der Waals surface area contributed by atoms with Crippen molar-refractivity contribution in [2.75, 3.05) is 6.61 Å². The van der Waals surface area contributed by atoms with Crippen LogP contribution >= 0.6 is 0 Å². The van der Waals surface area contributed by atoms with Crippen molar-refractivity contribution in [2.45, 2.75) is 26.6 Å². The lowest BCUT2D eigenvalue weighted by molar-refractivity contribution is -0.148. The van der Waals surface area contributed by atoms with Crippen molar-refractivity contribution in [1.82, 2.24) is 0 Å². The van der Waals surface area contributed by atoms with Crippen LogP contribution in [0.25, 0.3) is 0 Å². The molecule has 3 nitrogen and oxygen atoms in total. The van der Waals surface area contributed by atoms with E-state index in [0.29, 0.717) is 13.2 Å². The molecule has 0 aliphatic rings. The van der Waals surface area contributed by atoms with Gasteiger partial charge >= 0.3 is 5.97 Å². The summed E-state index contributed by atoms with van der Waals surface area (Å²) in [6.07, 6.45) is -0.189. The van der Waals surface area contributed by atoms with Crippen molar-refractivity contribution in [1.29, 1.82) is 0 Å². The van der Waals surface area contributed by atoms with Crippen LogP contribution in [-0.2, 0) is 20.9 Å². The van der Waals surface area contributed by atoms with Crippen LogP contribution in [-0.4, -0.2) is 18.7 Å². The summed E-state index contributed by atoms with van der Waals surface area (Å²) >= 11 is 0. The molecule has 0 aromatic heterocycles. The molecule has 1 aromatic rings. The number of ether oxygens (including phenoxy) is 2. The Morgan fingerprint density at radius 1 is 1.33 bits per heavy atom. The molecule has 0 radical (unpaired) electrons. The van der Waals surface area contributed by atoms with Gasteiger partial charge in [-0.3, -0.25) is 4.79 Å². The Labute approximate surface area is 90.0 Å². The molecule has 3 heteroatoms. The largest absolute Gasteiger partial charge is 0.460 e. The average Bonchev–Trinajstić information content (AvgIpc) is 2.18. The quantitative estimate of drug-likeness (QED) is 0.695. The highest BCUT2D eigenvalue weighted by Gasteiger charge is 2.04. The molecule has 0 saturated heterocycles. The topological polar surface area (TPSA) is 35.5 Å². The first kappa shape index (κ1) is 11.7. The SMILES string of the molecule is CC(=O)OC(C)COCc1ccccc1. The van der Waals surface area contributed by atoms with Crippen LogP contribution in [0.2, 0.25) is 0 Å². The summed E-state index contributed by atoms with van der Waals surface area (Å²) < 4.78 is 10.3. The molecule has 0 aliphatic heterocycles. The van der Waals surface area contributed by atoms with Gasteiger partial charge in [0.15, 0.2) is 0 Å². The van der Waals surface area contributed by atoms with E-state index in [1.807, 2.05) is 37.3 Å². The zero-order valence-corrected chi connectivity index (χ0v) is 9.10. The Kier molecular flexibility index (Phi) is 4.84. The molecule has 0 N–H and O–H groups in total. The molecule has 0 aliphatic carbocycles. The summed E-state index contributed by atoms with van der Waals surface area (Å²) in [4.78, 5) is 10.6. The molecular weight excluding hydrogens is 192 g/mol. The highest BCUT2D eigenvalue weighted by atomic mass is 16.6. The van der Waals surface area contributed by atoms with Crippen LogP contribution in [0.4, 0.5) is 0 Å². The number of benzene rings is 1. The minimum Gasteiger partial charge on any atom is -0.460 e. The number of rotatable bonds is 5. The molecule has 0 amide bonds. The lowest BCUT2D eigenvalue weighted by Gasteiger charge is -2.11. The van der Waals surface area contributed by atoms with E-state index in [1.165, 1.54) is 6.92 Å². The molecule has 1 unspecified atom stereocenters. The van der Waals surface area contributed by atoms with Crippen LogP contribution in [0.1, 0.15) is 19.4 Å². The second-order valence-electron chi connectivity index (χ2n) is 3.42. The van der Waals surface area contributed by atoms with E-state index in [-0.39, 0.29) is 12.1 Å². The fourth-order valence-corrected chi connectivity index (χ4v) is 1.23. The standard InChI is InChI=1S/C12H16O3/c1-10(15-11(2)13)8-14-9-12-6-4-3-5-7-12/h3-7,10H,8-9H2,1-2H3. The molecule has 15 heavy (non-hydrogen) atoms. The van der Waals surface area contributed by atoms with Crippen LogP contribution < -0.4 is 0 Å². The van der Waals surface area contributed by atoms with Gasteiger partial charge in [-0.15, -0.1) is 0 Å². The predicted octanol–water partition coefficient (Wildman–Crippen LogP) is 2.15. The van der Waals surface area contributed by atoms with Crippen molar-refractivity contribution >= 4 is 5.97 Å². The van der Waals surface area contributed by atoms with E-state index in [2.05, 4.69) is 0 Å². The molecular formula is C12H16O3. The molecule has 82 valence electrons. The lowest BCUT2D eigenvalue weighted by Crippen LogP contribution is -2.18. The van der Waals surface area contributed by atoms with Gasteiger partial charge in [-0.05, 0) is 12.5 Å². The van der Waals surface area contributed by atoms with E-state index in [1.54, 1.807) is 0 Å². The maximum absolute atomic E-state index is 10.6. The number of carbonyl (C=O) groups is 1. The van der Waals surface area contributed by atoms with Crippen molar-refractivity contribution in [2.24, 2.45) is 0 Å². The first-order valence-corrected chi connectivity index (χ1v) is 4.97. The number of esters is 1. The van der Waals surface area contributed by atoms with E-state index in [9.17, 15) is 4.79 Å². The third-order valence-electron chi connectivity index (χ3n) is 1.83. The third kappa shape index (κ3) is 5.18. The Bertz CT molecular complexity index is 295. The Balaban J connectivity index is 2.19. The van der Waals surface area contributed by atoms with Crippen LogP contribution in [0.3, 0.4) is 0 Å². The molecule has 0 saturated carbocycles. The summed E-state index contributed by atoms with van der Waals surface area (Å²) in [6.45, 7) is 4.18. The van der Waals surface area contributed by atoms with Crippen molar-refractivity contribution in [3.05, 3.63) is 35.9 Å². The van der Waals surface area contributed by atoms with Gasteiger partial charge in [0, 0.05) is 6.92 Å². The van der Waals surface area contributed by atoms with Crippen LogP contribution in [0, 0.1) is 0 Å². The maximum atomic E-state index is 10.6. The van der Waals surface area contributed by atoms with Crippen molar-refractivity contribution in [3.8, 4) is 0 Å². The van der Waals surface area contributed by atoms with Gasteiger partial charge in [0.2, 0.25) is 0 Å². The molecule has 0 fully saturated rings. The monoisotopic (exact) mass is 208 g/mol. The molecule has 1 atom stereocenters. The Hall–Kier alpha value is -1.35. The Morgan fingerprint density at radius 2 is 2.00 bits per heavy atom. The molecule has 0 spiro atoms. The van der Waals surface area contributed by atoms with E-state index >= 15 is 0 Å². The maximum Gasteiger partial charge on any atom is 0.302 e. The highest BCUT2D eigenvalue weighted by molar-refractivity contribution is 5.66. The first-order chi connectivity index (χ1) is 7.18.